The van der Waals surface area contributed by atoms with E-state index in [0.717, 1.165) is 37.0 Å². The van der Waals surface area contributed by atoms with Crippen LogP contribution < -0.4 is 10.6 Å². The van der Waals surface area contributed by atoms with Gasteiger partial charge >= 0.3 is 0 Å². The first kappa shape index (κ1) is 24.1. The molecule has 1 unspecified atom stereocenters. The molecule has 3 N–H and O–H groups in total. The van der Waals surface area contributed by atoms with Gasteiger partial charge in [-0.05, 0) is 37.0 Å². The Bertz CT molecular complexity index is 454. The smallest absolute Gasteiger partial charge is 0.191 e. The van der Waals surface area contributed by atoms with Crippen LogP contribution in [0.15, 0.2) is 29.5 Å². The van der Waals surface area contributed by atoms with Gasteiger partial charge in [-0.3, -0.25) is 9.98 Å². The number of pyridine rings is 1. The van der Waals surface area contributed by atoms with Crippen molar-refractivity contribution < 1.29 is 5.11 Å². The van der Waals surface area contributed by atoms with Gasteiger partial charge in [0.05, 0.1) is 12.6 Å². The quantitative estimate of drug-likeness (QED) is 0.202. The van der Waals surface area contributed by atoms with Crippen LogP contribution in [0.1, 0.15) is 64.5 Å². The maximum Gasteiger partial charge on any atom is 0.191 e. The minimum absolute atomic E-state index is 0. The van der Waals surface area contributed by atoms with E-state index < -0.39 is 6.10 Å². The van der Waals surface area contributed by atoms with E-state index in [0.29, 0.717) is 6.54 Å². The number of aliphatic hydroxyl groups excluding tert-OH is 1. The third kappa shape index (κ3) is 12.2. The number of rotatable bonds is 11. The number of aliphatic hydroxyl groups is 1. The van der Waals surface area contributed by atoms with Gasteiger partial charge in [0.2, 0.25) is 0 Å². The van der Waals surface area contributed by atoms with Crippen LogP contribution in [0.4, 0.5) is 0 Å². The van der Waals surface area contributed by atoms with Crippen molar-refractivity contribution >= 4 is 29.9 Å². The zero-order chi connectivity index (χ0) is 17.6. The average Bonchev–Trinajstić information content (AvgIpc) is 2.58. The lowest BCUT2D eigenvalue weighted by Crippen LogP contribution is -2.38. The molecule has 1 atom stereocenters. The fourth-order valence-corrected chi connectivity index (χ4v) is 2.45. The lowest BCUT2D eigenvalue weighted by Gasteiger charge is -2.13. The number of aromatic nitrogens is 1. The molecule has 1 aromatic rings. The number of guanidine groups is 1. The largest absolute Gasteiger partial charge is 0.386 e. The summed E-state index contributed by atoms with van der Waals surface area (Å²) in [7, 11) is 0. The van der Waals surface area contributed by atoms with Crippen LogP contribution in [0.3, 0.4) is 0 Å². The number of hydrogen-bond acceptors (Lipinski definition) is 3. The van der Waals surface area contributed by atoms with Crippen molar-refractivity contribution in [1.82, 2.24) is 15.6 Å². The molecule has 144 valence electrons. The summed E-state index contributed by atoms with van der Waals surface area (Å²) in [5.41, 5.74) is 0.842. The monoisotopic (exact) mass is 462 g/mol. The summed E-state index contributed by atoms with van der Waals surface area (Å²) in [4.78, 5) is 8.43. The van der Waals surface area contributed by atoms with Crippen molar-refractivity contribution in [1.29, 1.82) is 0 Å². The van der Waals surface area contributed by atoms with Crippen molar-refractivity contribution in [2.75, 3.05) is 19.6 Å². The summed E-state index contributed by atoms with van der Waals surface area (Å²) in [6.07, 6.45) is 9.12. The number of aliphatic imine (C=N–C) groups is 1. The van der Waals surface area contributed by atoms with Crippen molar-refractivity contribution in [3.8, 4) is 0 Å². The molecule has 0 amide bonds. The Labute approximate surface area is 170 Å². The van der Waals surface area contributed by atoms with Crippen LogP contribution in [0.2, 0.25) is 0 Å². The van der Waals surface area contributed by atoms with Crippen LogP contribution in [0.25, 0.3) is 0 Å². The minimum atomic E-state index is -0.598. The Kier molecular flexibility index (Phi) is 14.8. The molecule has 0 saturated heterocycles. The second-order valence-corrected chi connectivity index (χ2v) is 6.54. The molecule has 25 heavy (non-hydrogen) atoms. The van der Waals surface area contributed by atoms with Gasteiger partial charge in [-0.1, -0.05) is 39.5 Å². The Balaban J connectivity index is 0.00000576. The van der Waals surface area contributed by atoms with Crippen LogP contribution in [0, 0.1) is 5.92 Å². The summed E-state index contributed by atoms with van der Waals surface area (Å²) in [6.45, 7) is 8.67. The third-order valence-electron chi connectivity index (χ3n) is 3.86. The summed E-state index contributed by atoms with van der Waals surface area (Å²) in [6, 6.07) is 3.63. The Hall–Kier alpha value is -0.890. The molecule has 1 rings (SSSR count). The molecule has 0 aliphatic heterocycles. The summed E-state index contributed by atoms with van der Waals surface area (Å²) in [5, 5.41) is 16.7. The van der Waals surface area contributed by atoms with Crippen molar-refractivity contribution in [3.63, 3.8) is 0 Å². The SMILES string of the molecule is CCNC(=NCC(O)c1ccncc1)NCCCCCCC(C)C.I. The Morgan fingerprint density at radius 1 is 1.12 bits per heavy atom. The molecule has 6 heteroatoms. The first-order valence-electron chi connectivity index (χ1n) is 9.23. The summed E-state index contributed by atoms with van der Waals surface area (Å²) in [5.74, 6) is 1.58. The molecule has 1 aromatic heterocycles. The Morgan fingerprint density at radius 2 is 1.80 bits per heavy atom. The van der Waals surface area contributed by atoms with Gasteiger partial charge in [-0.15, -0.1) is 24.0 Å². The van der Waals surface area contributed by atoms with Gasteiger partial charge in [0.1, 0.15) is 0 Å². The third-order valence-corrected chi connectivity index (χ3v) is 3.86. The number of nitrogens with one attached hydrogen (secondary N) is 2. The molecular weight excluding hydrogens is 427 g/mol. The van der Waals surface area contributed by atoms with E-state index in [9.17, 15) is 5.11 Å². The highest BCUT2D eigenvalue weighted by atomic mass is 127. The second-order valence-electron chi connectivity index (χ2n) is 6.54. The predicted octanol–water partition coefficient (Wildman–Crippen LogP) is 3.89. The van der Waals surface area contributed by atoms with Crippen molar-refractivity contribution in [2.45, 2.75) is 59.0 Å². The van der Waals surface area contributed by atoms with Gasteiger partial charge in [-0.2, -0.15) is 0 Å². The molecule has 5 nitrogen and oxygen atoms in total. The zero-order valence-electron chi connectivity index (χ0n) is 15.9. The summed E-state index contributed by atoms with van der Waals surface area (Å²) >= 11 is 0. The zero-order valence-corrected chi connectivity index (χ0v) is 18.2. The van der Waals surface area contributed by atoms with E-state index >= 15 is 0 Å². The first-order valence-corrected chi connectivity index (χ1v) is 9.23. The molecule has 0 aliphatic rings. The molecule has 0 fully saturated rings. The predicted molar refractivity (Wildman–Crippen MR) is 117 cm³/mol. The lowest BCUT2D eigenvalue weighted by molar-refractivity contribution is 0.187. The molecule has 0 saturated carbocycles. The van der Waals surface area contributed by atoms with Gasteiger partial charge in [0.15, 0.2) is 5.96 Å². The van der Waals surface area contributed by atoms with Gasteiger partial charge in [0.25, 0.3) is 0 Å². The standard InChI is InChI=1S/C19H34N4O.HI/c1-4-21-19(22-12-8-6-5-7-9-16(2)3)23-15-18(24)17-10-13-20-14-11-17;/h10-11,13-14,16,18,24H,4-9,12,15H2,1-3H3,(H2,21,22,23);1H. The molecule has 0 radical (unpaired) electrons. The number of nitrogens with zero attached hydrogens (tertiary/aromatic N) is 2. The molecule has 0 spiro atoms. The summed E-state index contributed by atoms with van der Waals surface area (Å²) < 4.78 is 0. The van der Waals surface area contributed by atoms with Crippen LogP contribution >= 0.6 is 24.0 Å². The average molecular weight is 462 g/mol. The number of halogens is 1. The fraction of sp³-hybridized carbons (Fsp3) is 0.684. The Morgan fingerprint density at radius 3 is 2.44 bits per heavy atom. The van der Waals surface area contributed by atoms with E-state index in [1.54, 1.807) is 12.4 Å². The number of hydrogen-bond donors (Lipinski definition) is 3. The van der Waals surface area contributed by atoms with Gasteiger partial charge in [-0.25, -0.2) is 0 Å². The van der Waals surface area contributed by atoms with E-state index in [1.807, 2.05) is 19.1 Å². The van der Waals surface area contributed by atoms with Crippen molar-refractivity contribution in [3.05, 3.63) is 30.1 Å². The first-order chi connectivity index (χ1) is 11.6. The van der Waals surface area contributed by atoms with Crippen LogP contribution in [-0.4, -0.2) is 35.7 Å². The maximum atomic E-state index is 10.2. The van der Waals surface area contributed by atoms with Crippen LogP contribution in [0.5, 0.6) is 0 Å². The molecule has 0 bridgehead atoms. The molecule has 1 heterocycles. The normalized spacial score (nSPS) is 12.6. The van der Waals surface area contributed by atoms with E-state index in [4.69, 9.17) is 0 Å². The minimum Gasteiger partial charge on any atom is -0.386 e. The van der Waals surface area contributed by atoms with Crippen molar-refractivity contribution in [2.24, 2.45) is 10.9 Å². The maximum absolute atomic E-state index is 10.2. The highest BCUT2D eigenvalue weighted by Crippen LogP contribution is 2.11. The number of unbranched alkanes of at least 4 members (excludes halogenated alkanes) is 3. The lowest BCUT2D eigenvalue weighted by atomic mass is 10.0. The van der Waals surface area contributed by atoms with Gasteiger partial charge < -0.3 is 15.7 Å². The molecule has 0 aliphatic carbocycles. The molecular formula is C19H35IN4O. The van der Waals surface area contributed by atoms with Gasteiger partial charge in [0, 0.05) is 25.5 Å². The van der Waals surface area contributed by atoms with Crippen LogP contribution in [-0.2, 0) is 0 Å². The van der Waals surface area contributed by atoms with E-state index in [-0.39, 0.29) is 24.0 Å². The molecule has 0 aromatic carbocycles. The highest BCUT2D eigenvalue weighted by Gasteiger charge is 2.06. The van der Waals surface area contributed by atoms with E-state index in [1.165, 1.54) is 25.7 Å². The van der Waals surface area contributed by atoms with E-state index in [2.05, 4.69) is 34.5 Å². The fourth-order valence-electron chi connectivity index (χ4n) is 2.45. The topological polar surface area (TPSA) is 69.5 Å². The highest BCUT2D eigenvalue weighted by molar-refractivity contribution is 14.0. The second kappa shape index (κ2) is 15.4.